The van der Waals surface area contributed by atoms with Crippen molar-refractivity contribution in [1.82, 2.24) is 0 Å². The fourth-order valence-electron chi connectivity index (χ4n) is 1.13. The predicted octanol–water partition coefficient (Wildman–Crippen LogP) is 2.96. The Hall–Kier alpha value is -0.480. The van der Waals surface area contributed by atoms with Crippen molar-refractivity contribution in [1.29, 1.82) is 0 Å². The molecule has 0 saturated carbocycles. The summed E-state index contributed by atoms with van der Waals surface area (Å²) in [6.45, 7) is 1.82. The standard InChI is InChI=1S/C10H12BrNOS/c1-6(11)10(13)8-4-3-7(12)5-9(8)14-2/h3-6H,12H2,1-2H3. The summed E-state index contributed by atoms with van der Waals surface area (Å²) in [6, 6.07) is 5.36. The van der Waals surface area contributed by atoms with E-state index in [-0.39, 0.29) is 10.6 Å². The van der Waals surface area contributed by atoms with Gasteiger partial charge in [0.05, 0.1) is 4.83 Å². The summed E-state index contributed by atoms with van der Waals surface area (Å²) in [4.78, 5) is 12.5. The molecule has 1 unspecified atom stereocenters. The van der Waals surface area contributed by atoms with Gasteiger partial charge < -0.3 is 5.73 Å². The molecule has 2 N–H and O–H groups in total. The Morgan fingerprint density at radius 3 is 2.71 bits per heavy atom. The van der Waals surface area contributed by atoms with Gasteiger partial charge in [-0.15, -0.1) is 11.8 Å². The lowest BCUT2D eigenvalue weighted by Gasteiger charge is -2.08. The molecule has 0 bridgehead atoms. The van der Waals surface area contributed by atoms with E-state index >= 15 is 0 Å². The fraction of sp³-hybridized carbons (Fsp3) is 0.300. The van der Waals surface area contributed by atoms with Crippen molar-refractivity contribution in [2.75, 3.05) is 12.0 Å². The fourth-order valence-corrected chi connectivity index (χ4v) is 2.01. The van der Waals surface area contributed by atoms with Crippen LogP contribution in [0.4, 0.5) is 5.69 Å². The smallest absolute Gasteiger partial charge is 0.177 e. The summed E-state index contributed by atoms with van der Waals surface area (Å²) in [5.74, 6) is 0.0920. The molecule has 1 rings (SSSR count). The lowest BCUT2D eigenvalue weighted by Crippen LogP contribution is -2.11. The monoisotopic (exact) mass is 273 g/mol. The first-order chi connectivity index (χ1) is 6.56. The quantitative estimate of drug-likeness (QED) is 0.399. The molecule has 0 saturated heterocycles. The number of carbonyl (C=O) groups excluding carboxylic acids is 1. The highest BCUT2D eigenvalue weighted by molar-refractivity contribution is 9.10. The van der Waals surface area contributed by atoms with Crippen LogP contribution in [0.15, 0.2) is 23.1 Å². The molecule has 1 aromatic carbocycles. The normalized spacial score (nSPS) is 12.5. The highest BCUT2D eigenvalue weighted by Crippen LogP contribution is 2.25. The van der Waals surface area contributed by atoms with Crippen molar-refractivity contribution in [2.45, 2.75) is 16.6 Å². The molecule has 0 radical (unpaired) electrons. The van der Waals surface area contributed by atoms with Crippen LogP contribution in [0.2, 0.25) is 0 Å². The van der Waals surface area contributed by atoms with Crippen molar-refractivity contribution in [3.8, 4) is 0 Å². The lowest BCUT2D eigenvalue weighted by atomic mass is 10.1. The number of nitrogens with two attached hydrogens (primary N) is 1. The molecule has 76 valence electrons. The molecule has 4 heteroatoms. The largest absolute Gasteiger partial charge is 0.399 e. The summed E-state index contributed by atoms with van der Waals surface area (Å²) < 4.78 is 0. The van der Waals surface area contributed by atoms with E-state index in [0.717, 1.165) is 10.5 Å². The summed E-state index contributed by atoms with van der Waals surface area (Å²) in [5.41, 5.74) is 7.06. The van der Waals surface area contributed by atoms with Crippen LogP contribution in [0, 0.1) is 0 Å². The molecule has 1 aromatic rings. The number of halogens is 1. The third-order valence-electron chi connectivity index (χ3n) is 1.85. The van der Waals surface area contributed by atoms with Crippen LogP contribution in [0.25, 0.3) is 0 Å². The Kier molecular flexibility index (Phi) is 4.01. The van der Waals surface area contributed by atoms with Crippen LogP contribution in [0.5, 0.6) is 0 Å². The van der Waals surface area contributed by atoms with Crippen molar-refractivity contribution in [2.24, 2.45) is 0 Å². The molecule has 0 aromatic heterocycles. The van der Waals surface area contributed by atoms with Crippen LogP contribution in [-0.2, 0) is 0 Å². The van der Waals surface area contributed by atoms with Crippen molar-refractivity contribution < 1.29 is 4.79 Å². The van der Waals surface area contributed by atoms with E-state index in [4.69, 9.17) is 5.73 Å². The van der Waals surface area contributed by atoms with Crippen molar-refractivity contribution >= 4 is 39.2 Å². The maximum atomic E-state index is 11.7. The van der Waals surface area contributed by atoms with E-state index in [9.17, 15) is 4.79 Å². The summed E-state index contributed by atoms with van der Waals surface area (Å²) in [5, 5.41) is 0. The molecule has 0 heterocycles. The average Bonchev–Trinajstić information content (AvgIpc) is 2.16. The number of carbonyl (C=O) groups is 1. The zero-order valence-corrected chi connectivity index (χ0v) is 10.5. The number of hydrogen-bond acceptors (Lipinski definition) is 3. The second kappa shape index (κ2) is 4.84. The van der Waals surface area contributed by atoms with E-state index in [1.54, 1.807) is 12.1 Å². The summed E-state index contributed by atoms with van der Waals surface area (Å²) >= 11 is 4.80. The maximum absolute atomic E-state index is 11.7. The molecule has 1 atom stereocenters. The van der Waals surface area contributed by atoms with Crippen molar-refractivity contribution in [3.63, 3.8) is 0 Å². The highest BCUT2D eigenvalue weighted by atomic mass is 79.9. The van der Waals surface area contributed by atoms with E-state index in [2.05, 4.69) is 15.9 Å². The van der Waals surface area contributed by atoms with Gasteiger partial charge in [-0.2, -0.15) is 0 Å². The van der Waals surface area contributed by atoms with Gasteiger partial charge in [0.2, 0.25) is 0 Å². The third-order valence-corrected chi connectivity index (χ3v) is 3.05. The van der Waals surface area contributed by atoms with Gasteiger partial charge >= 0.3 is 0 Å². The Morgan fingerprint density at radius 1 is 1.57 bits per heavy atom. The number of rotatable bonds is 3. The number of benzene rings is 1. The van der Waals surface area contributed by atoms with E-state index in [1.165, 1.54) is 11.8 Å². The van der Waals surface area contributed by atoms with E-state index in [0.29, 0.717) is 5.69 Å². The van der Waals surface area contributed by atoms with Gasteiger partial charge in [-0.25, -0.2) is 0 Å². The third kappa shape index (κ3) is 2.51. The van der Waals surface area contributed by atoms with Gasteiger partial charge in [0.25, 0.3) is 0 Å². The second-order valence-electron chi connectivity index (χ2n) is 2.94. The Labute approximate surface area is 96.4 Å². The minimum absolute atomic E-state index is 0.0920. The first kappa shape index (κ1) is 11.6. The van der Waals surface area contributed by atoms with E-state index < -0.39 is 0 Å². The first-order valence-corrected chi connectivity index (χ1v) is 6.32. The molecule has 2 nitrogen and oxygen atoms in total. The van der Waals surface area contributed by atoms with Crippen LogP contribution >= 0.6 is 27.7 Å². The Bertz CT molecular complexity index is 352. The zero-order chi connectivity index (χ0) is 10.7. The minimum Gasteiger partial charge on any atom is -0.399 e. The number of hydrogen-bond donors (Lipinski definition) is 1. The minimum atomic E-state index is -0.156. The molecule has 0 spiro atoms. The molecular formula is C10H12BrNOS. The Balaban J connectivity index is 3.14. The van der Waals surface area contributed by atoms with Crippen LogP contribution in [0.1, 0.15) is 17.3 Å². The molecular weight excluding hydrogens is 262 g/mol. The average molecular weight is 274 g/mol. The molecule has 0 fully saturated rings. The molecule has 0 aliphatic carbocycles. The van der Waals surface area contributed by atoms with Crippen LogP contribution < -0.4 is 5.73 Å². The lowest BCUT2D eigenvalue weighted by molar-refractivity contribution is 0.0993. The number of anilines is 1. The Morgan fingerprint density at radius 2 is 2.21 bits per heavy atom. The topological polar surface area (TPSA) is 43.1 Å². The zero-order valence-electron chi connectivity index (χ0n) is 8.08. The number of alkyl halides is 1. The van der Waals surface area contributed by atoms with E-state index in [1.807, 2.05) is 19.2 Å². The van der Waals surface area contributed by atoms with Gasteiger partial charge in [-0.1, -0.05) is 15.9 Å². The van der Waals surface area contributed by atoms with Gasteiger partial charge in [0, 0.05) is 16.1 Å². The molecule has 14 heavy (non-hydrogen) atoms. The highest BCUT2D eigenvalue weighted by Gasteiger charge is 2.15. The molecule has 0 aliphatic heterocycles. The first-order valence-electron chi connectivity index (χ1n) is 4.18. The molecule has 0 amide bonds. The van der Waals surface area contributed by atoms with Gasteiger partial charge in [0.15, 0.2) is 5.78 Å². The SMILES string of the molecule is CSc1cc(N)ccc1C(=O)C(C)Br. The van der Waals surface area contributed by atoms with Crippen LogP contribution in [-0.4, -0.2) is 16.9 Å². The molecule has 0 aliphatic rings. The van der Waals surface area contributed by atoms with Crippen LogP contribution in [0.3, 0.4) is 0 Å². The second-order valence-corrected chi connectivity index (χ2v) is 5.16. The van der Waals surface area contributed by atoms with Gasteiger partial charge in [0.1, 0.15) is 0 Å². The number of ketones is 1. The van der Waals surface area contributed by atoms with Crippen molar-refractivity contribution in [3.05, 3.63) is 23.8 Å². The summed E-state index contributed by atoms with van der Waals surface area (Å²) in [7, 11) is 0. The number of Topliss-reactive ketones (excluding diaryl/α,β-unsaturated/α-hetero) is 1. The number of nitrogen functional groups attached to an aromatic ring is 1. The van der Waals surface area contributed by atoms with Gasteiger partial charge in [-0.3, -0.25) is 4.79 Å². The number of thioether (sulfide) groups is 1. The maximum Gasteiger partial charge on any atom is 0.177 e. The van der Waals surface area contributed by atoms with Gasteiger partial charge in [-0.05, 0) is 31.4 Å². The summed E-state index contributed by atoms with van der Waals surface area (Å²) in [6.07, 6.45) is 1.93. The predicted molar refractivity (Wildman–Crippen MR) is 65.4 cm³/mol.